The Kier molecular flexibility index (Phi) is 8.47. The topological polar surface area (TPSA) is 32.3 Å². The van der Waals surface area contributed by atoms with Crippen molar-refractivity contribution in [2.24, 2.45) is 0 Å². The largest absolute Gasteiger partial charge is 0.355 e. The van der Waals surface area contributed by atoms with Crippen LogP contribution in [0.15, 0.2) is 29.2 Å². The Morgan fingerprint density at radius 1 is 1.24 bits per heavy atom. The highest BCUT2D eigenvalue weighted by Gasteiger charge is 2.13. The van der Waals surface area contributed by atoms with E-state index in [2.05, 4.69) is 55.3 Å². The van der Waals surface area contributed by atoms with Crippen LogP contribution < -0.4 is 5.32 Å². The number of hydrogen-bond acceptors (Lipinski definition) is 3. The summed E-state index contributed by atoms with van der Waals surface area (Å²) in [6, 6.07) is 8.31. The second kappa shape index (κ2) is 9.85. The molecule has 0 saturated heterocycles. The molecule has 1 aromatic rings. The van der Waals surface area contributed by atoms with Gasteiger partial charge >= 0.3 is 0 Å². The van der Waals surface area contributed by atoms with Crippen LogP contribution in [0.3, 0.4) is 0 Å². The van der Waals surface area contributed by atoms with E-state index in [-0.39, 0.29) is 11.2 Å². The average molecular weight is 308 g/mol. The number of nitrogens with zero attached hydrogens (tertiary/aromatic N) is 1. The van der Waals surface area contributed by atoms with E-state index < -0.39 is 0 Å². The minimum absolute atomic E-state index is 0.0545. The van der Waals surface area contributed by atoms with Gasteiger partial charge in [-0.2, -0.15) is 0 Å². The van der Waals surface area contributed by atoms with Crippen LogP contribution in [0, 0.1) is 6.92 Å². The van der Waals surface area contributed by atoms with E-state index in [0.717, 1.165) is 37.5 Å². The van der Waals surface area contributed by atoms with Crippen molar-refractivity contribution in [1.82, 2.24) is 10.2 Å². The van der Waals surface area contributed by atoms with Gasteiger partial charge in [0.1, 0.15) is 0 Å². The zero-order valence-corrected chi connectivity index (χ0v) is 14.5. The molecule has 1 rings (SSSR count). The van der Waals surface area contributed by atoms with E-state index in [1.807, 2.05) is 6.92 Å². The maximum absolute atomic E-state index is 12.1. The van der Waals surface area contributed by atoms with Gasteiger partial charge in [0, 0.05) is 11.4 Å². The lowest BCUT2D eigenvalue weighted by atomic mass is 10.2. The summed E-state index contributed by atoms with van der Waals surface area (Å²) in [6.45, 7) is 12.3. The van der Waals surface area contributed by atoms with Crippen LogP contribution >= 0.6 is 11.8 Å². The minimum atomic E-state index is -0.0545. The lowest BCUT2D eigenvalue weighted by Gasteiger charge is -2.18. The number of rotatable bonds is 9. The van der Waals surface area contributed by atoms with Gasteiger partial charge in [-0.3, -0.25) is 4.79 Å². The van der Waals surface area contributed by atoms with Gasteiger partial charge in [0.2, 0.25) is 5.91 Å². The van der Waals surface area contributed by atoms with Gasteiger partial charge in [-0.05, 0) is 52.0 Å². The Labute approximate surface area is 133 Å². The SMILES string of the molecule is CCN(CC)CCCNC(=O)C(C)Sc1ccc(C)cc1. The van der Waals surface area contributed by atoms with E-state index in [9.17, 15) is 4.79 Å². The molecule has 0 bridgehead atoms. The smallest absolute Gasteiger partial charge is 0.233 e. The fourth-order valence-electron chi connectivity index (χ4n) is 2.07. The van der Waals surface area contributed by atoms with E-state index in [1.54, 1.807) is 11.8 Å². The number of aryl methyl sites for hydroxylation is 1. The maximum Gasteiger partial charge on any atom is 0.233 e. The van der Waals surface area contributed by atoms with Gasteiger partial charge in [0.05, 0.1) is 5.25 Å². The van der Waals surface area contributed by atoms with Crippen LogP contribution in [-0.4, -0.2) is 42.2 Å². The zero-order chi connectivity index (χ0) is 15.7. The quantitative estimate of drug-likeness (QED) is 0.561. The second-order valence-electron chi connectivity index (χ2n) is 5.24. The van der Waals surface area contributed by atoms with E-state index in [0.29, 0.717) is 0 Å². The molecule has 1 N–H and O–H groups in total. The molecule has 3 nitrogen and oxygen atoms in total. The predicted octanol–water partition coefficient (Wildman–Crippen LogP) is 3.32. The van der Waals surface area contributed by atoms with Crippen molar-refractivity contribution in [3.05, 3.63) is 29.8 Å². The van der Waals surface area contributed by atoms with Gasteiger partial charge in [0.25, 0.3) is 0 Å². The van der Waals surface area contributed by atoms with Gasteiger partial charge in [-0.1, -0.05) is 31.5 Å². The first-order chi connectivity index (χ1) is 10.1. The normalized spacial score (nSPS) is 12.4. The summed E-state index contributed by atoms with van der Waals surface area (Å²) in [6.07, 6.45) is 1.01. The van der Waals surface area contributed by atoms with Crippen LogP contribution in [0.5, 0.6) is 0 Å². The third kappa shape index (κ3) is 7.00. The monoisotopic (exact) mass is 308 g/mol. The highest BCUT2D eigenvalue weighted by Crippen LogP contribution is 2.23. The molecule has 1 aromatic carbocycles. The van der Waals surface area contributed by atoms with Crippen LogP contribution in [0.25, 0.3) is 0 Å². The summed E-state index contributed by atoms with van der Waals surface area (Å²) in [5.74, 6) is 0.125. The summed E-state index contributed by atoms with van der Waals surface area (Å²) in [5, 5.41) is 2.98. The number of thioether (sulfide) groups is 1. The lowest BCUT2D eigenvalue weighted by Crippen LogP contribution is -2.33. The van der Waals surface area contributed by atoms with Crippen molar-refractivity contribution in [3.8, 4) is 0 Å². The molecule has 21 heavy (non-hydrogen) atoms. The molecule has 0 spiro atoms. The molecular weight excluding hydrogens is 280 g/mol. The molecule has 4 heteroatoms. The van der Waals surface area contributed by atoms with Crippen LogP contribution in [0.2, 0.25) is 0 Å². The number of hydrogen-bond donors (Lipinski definition) is 1. The Bertz CT molecular complexity index is 415. The number of carbonyl (C=O) groups excluding carboxylic acids is 1. The van der Waals surface area contributed by atoms with Crippen LogP contribution in [-0.2, 0) is 4.79 Å². The highest BCUT2D eigenvalue weighted by atomic mass is 32.2. The first kappa shape index (κ1) is 18.1. The average Bonchev–Trinajstić information content (AvgIpc) is 2.49. The molecule has 0 aliphatic heterocycles. The third-order valence-corrected chi connectivity index (χ3v) is 4.66. The van der Waals surface area contributed by atoms with Crippen LogP contribution in [0.4, 0.5) is 0 Å². The lowest BCUT2D eigenvalue weighted by molar-refractivity contribution is -0.120. The summed E-state index contributed by atoms with van der Waals surface area (Å²) in [5.41, 5.74) is 1.24. The molecular formula is C17H28N2OS. The molecule has 0 heterocycles. The van der Waals surface area contributed by atoms with Crippen molar-refractivity contribution in [2.45, 2.75) is 44.3 Å². The minimum Gasteiger partial charge on any atom is -0.355 e. The first-order valence-electron chi connectivity index (χ1n) is 7.80. The van der Waals surface area contributed by atoms with Crippen molar-refractivity contribution in [3.63, 3.8) is 0 Å². The van der Waals surface area contributed by atoms with E-state index in [1.165, 1.54) is 5.56 Å². The number of amides is 1. The Balaban J connectivity index is 2.26. The summed E-state index contributed by atoms with van der Waals surface area (Å²) >= 11 is 1.61. The van der Waals surface area contributed by atoms with Crippen molar-refractivity contribution in [1.29, 1.82) is 0 Å². The predicted molar refractivity (Wildman–Crippen MR) is 91.9 cm³/mol. The van der Waals surface area contributed by atoms with E-state index in [4.69, 9.17) is 0 Å². The van der Waals surface area contributed by atoms with Crippen molar-refractivity contribution < 1.29 is 4.79 Å². The zero-order valence-electron chi connectivity index (χ0n) is 13.7. The standard InChI is InChI=1S/C17H28N2OS/c1-5-19(6-2)13-7-12-18-17(20)15(4)21-16-10-8-14(3)9-11-16/h8-11,15H,5-7,12-13H2,1-4H3,(H,18,20). The third-order valence-electron chi connectivity index (χ3n) is 3.55. The molecule has 0 fully saturated rings. The van der Waals surface area contributed by atoms with E-state index >= 15 is 0 Å². The molecule has 1 amide bonds. The highest BCUT2D eigenvalue weighted by molar-refractivity contribution is 8.00. The Morgan fingerprint density at radius 2 is 1.86 bits per heavy atom. The summed E-state index contributed by atoms with van der Waals surface area (Å²) in [4.78, 5) is 15.6. The van der Waals surface area contributed by atoms with Gasteiger partial charge in [-0.15, -0.1) is 11.8 Å². The Hall–Kier alpha value is -1.00. The fraction of sp³-hybridized carbons (Fsp3) is 0.588. The number of benzene rings is 1. The van der Waals surface area contributed by atoms with Gasteiger partial charge in [0.15, 0.2) is 0 Å². The van der Waals surface area contributed by atoms with Gasteiger partial charge < -0.3 is 10.2 Å². The molecule has 0 saturated carbocycles. The molecule has 118 valence electrons. The number of carbonyl (C=O) groups is 1. The van der Waals surface area contributed by atoms with Crippen molar-refractivity contribution >= 4 is 17.7 Å². The van der Waals surface area contributed by atoms with Crippen molar-refractivity contribution in [2.75, 3.05) is 26.2 Å². The maximum atomic E-state index is 12.1. The van der Waals surface area contributed by atoms with Gasteiger partial charge in [-0.25, -0.2) is 0 Å². The first-order valence-corrected chi connectivity index (χ1v) is 8.68. The number of nitrogens with one attached hydrogen (secondary N) is 1. The molecule has 0 aliphatic rings. The summed E-state index contributed by atoms with van der Waals surface area (Å²) in [7, 11) is 0. The van der Waals surface area contributed by atoms with Crippen LogP contribution in [0.1, 0.15) is 32.8 Å². The molecule has 1 atom stereocenters. The second-order valence-corrected chi connectivity index (χ2v) is 6.66. The summed E-state index contributed by atoms with van der Waals surface area (Å²) < 4.78 is 0. The fourth-order valence-corrected chi connectivity index (χ4v) is 2.96. The molecule has 0 aromatic heterocycles. The molecule has 0 aliphatic carbocycles. The Morgan fingerprint density at radius 3 is 2.43 bits per heavy atom. The molecule has 0 radical (unpaired) electrons. The molecule has 1 unspecified atom stereocenters.